The third kappa shape index (κ3) is 3.19. The van der Waals surface area contributed by atoms with Crippen molar-refractivity contribution >= 4 is 21.6 Å². The molecule has 1 aromatic rings. The quantitative estimate of drug-likeness (QED) is 0.818. The van der Waals surface area contributed by atoms with Crippen LogP contribution in [0.2, 0.25) is 5.02 Å². The van der Waals surface area contributed by atoms with Crippen LogP contribution in [0.3, 0.4) is 0 Å². The van der Waals surface area contributed by atoms with Gasteiger partial charge < -0.3 is 14.6 Å². The molecule has 0 bridgehead atoms. The molecule has 0 spiro atoms. The van der Waals surface area contributed by atoms with E-state index in [-0.39, 0.29) is 28.2 Å². The van der Waals surface area contributed by atoms with E-state index in [9.17, 15) is 13.5 Å². The van der Waals surface area contributed by atoms with Crippen LogP contribution < -0.4 is 9.47 Å². The topological polar surface area (TPSA) is 76.1 Å². The van der Waals surface area contributed by atoms with Gasteiger partial charge in [0.2, 0.25) is 10.0 Å². The van der Waals surface area contributed by atoms with Crippen LogP contribution in [0.4, 0.5) is 0 Å². The standard InChI is InChI=1S/C18H26ClNO5S/c1-4-18(21)7-5-6-12-10-20(11-13(12)18)26(22,23)17-9-15(24-2)14(19)8-16(17)25-3/h8-9,12-13,21H,4-7,10-11H2,1-3H3/t12?,13?,18-/m1/s1. The minimum absolute atomic E-state index is 0.0313. The maximum Gasteiger partial charge on any atom is 0.246 e. The van der Waals surface area contributed by atoms with Crippen LogP contribution in [0.5, 0.6) is 11.5 Å². The molecule has 26 heavy (non-hydrogen) atoms. The number of rotatable bonds is 5. The Labute approximate surface area is 160 Å². The molecule has 1 aromatic carbocycles. The lowest BCUT2D eigenvalue weighted by Crippen LogP contribution is -2.44. The zero-order chi connectivity index (χ0) is 19.1. The number of halogens is 1. The fourth-order valence-electron chi connectivity index (χ4n) is 4.40. The predicted molar refractivity (Wildman–Crippen MR) is 99.4 cm³/mol. The van der Waals surface area contributed by atoms with Gasteiger partial charge in [-0.05, 0) is 25.2 Å². The number of nitrogens with zero attached hydrogens (tertiary/aromatic N) is 1. The summed E-state index contributed by atoms with van der Waals surface area (Å²) in [5.74, 6) is 0.629. The lowest BCUT2D eigenvalue weighted by Gasteiger charge is -2.40. The lowest BCUT2D eigenvalue weighted by molar-refractivity contribution is -0.0605. The molecular weight excluding hydrogens is 378 g/mol. The van der Waals surface area contributed by atoms with Gasteiger partial charge in [-0.2, -0.15) is 4.31 Å². The average molecular weight is 404 g/mol. The Morgan fingerprint density at radius 1 is 1.27 bits per heavy atom. The van der Waals surface area contributed by atoms with Gasteiger partial charge in [0, 0.05) is 31.1 Å². The van der Waals surface area contributed by atoms with Crippen LogP contribution in [0.25, 0.3) is 0 Å². The summed E-state index contributed by atoms with van der Waals surface area (Å²) in [5, 5.41) is 11.2. The van der Waals surface area contributed by atoms with Crippen LogP contribution in [-0.2, 0) is 10.0 Å². The monoisotopic (exact) mass is 403 g/mol. The van der Waals surface area contributed by atoms with Gasteiger partial charge in [-0.3, -0.25) is 0 Å². The summed E-state index contributed by atoms with van der Waals surface area (Å²) in [5.41, 5.74) is -0.783. The summed E-state index contributed by atoms with van der Waals surface area (Å²) in [6.07, 6.45) is 3.24. The van der Waals surface area contributed by atoms with E-state index in [1.807, 2.05) is 6.92 Å². The molecule has 2 fully saturated rings. The fraction of sp³-hybridized carbons (Fsp3) is 0.667. The Hall–Kier alpha value is -1.02. The van der Waals surface area contributed by atoms with E-state index in [0.29, 0.717) is 24.5 Å². The number of fused-ring (bicyclic) bond motifs is 1. The van der Waals surface area contributed by atoms with Crippen molar-refractivity contribution in [3.05, 3.63) is 17.2 Å². The van der Waals surface area contributed by atoms with E-state index < -0.39 is 15.6 Å². The Morgan fingerprint density at radius 3 is 2.58 bits per heavy atom. The summed E-state index contributed by atoms with van der Waals surface area (Å²) < 4.78 is 38.5. The Balaban J connectivity index is 1.97. The van der Waals surface area contributed by atoms with E-state index in [1.54, 1.807) is 0 Å². The van der Waals surface area contributed by atoms with Crippen molar-refractivity contribution in [3.8, 4) is 11.5 Å². The van der Waals surface area contributed by atoms with Crippen LogP contribution >= 0.6 is 11.6 Å². The molecule has 1 saturated heterocycles. The highest BCUT2D eigenvalue weighted by atomic mass is 35.5. The second-order valence-electron chi connectivity index (χ2n) is 7.18. The first-order chi connectivity index (χ1) is 12.3. The van der Waals surface area contributed by atoms with Crippen molar-refractivity contribution in [2.45, 2.75) is 43.1 Å². The molecule has 0 amide bonds. The second-order valence-corrected chi connectivity index (χ2v) is 9.49. The molecule has 2 unspecified atom stereocenters. The van der Waals surface area contributed by atoms with Crippen molar-refractivity contribution in [1.29, 1.82) is 0 Å². The van der Waals surface area contributed by atoms with Gasteiger partial charge in [-0.25, -0.2) is 8.42 Å². The van der Waals surface area contributed by atoms with Gasteiger partial charge in [0.15, 0.2) is 0 Å². The van der Waals surface area contributed by atoms with Gasteiger partial charge in [-0.15, -0.1) is 0 Å². The average Bonchev–Trinajstić information content (AvgIpc) is 3.08. The number of hydrogen-bond donors (Lipinski definition) is 1. The maximum absolute atomic E-state index is 13.3. The molecule has 1 aliphatic carbocycles. The van der Waals surface area contributed by atoms with Crippen molar-refractivity contribution in [2.75, 3.05) is 27.3 Å². The van der Waals surface area contributed by atoms with Gasteiger partial charge >= 0.3 is 0 Å². The molecule has 8 heteroatoms. The number of sulfonamides is 1. The molecule has 3 atom stereocenters. The summed E-state index contributed by atoms with van der Waals surface area (Å²) in [6, 6.07) is 2.86. The van der Waals surface area contributed by atoms with Gasteiger partial charge in [0.1, 0.15) is 16.4 Å². The van der Waals surface area contributed by atoms with Crippen molar-refractivity contribution < 1.29 is 23.0 Å². The highest BCUT2D eigenvalue weighted by Gasteiger charge is 2.50. The first-order valence-electron chi connectivity index (χ1n) is 8.91. The molecule has 1 heterocycles. The Morgan fingerprint density at radius 2 is 1.96 bits per heavy atom. The maximum atomic E-state index is 13.3. The van der Waals surface area contributed by atoms with E-state index in [4.69, 9.17) is 21.1 Å². The molecule has 2 aliphatic rings. The lowest BCUT2D eigenvalue weighted by atomic mass is 9.69. The molecular formula is C18H26ClNO5S. The smallest absolute Gasteiger partial charge is 0.246 e. The van der Waals surface area contributed by atoms with Crippen molar-refractivity contribution in [1.82, 2.24) is 4.31 Å². The molecule has 1 aliphatic heterocycles. The zero-order valence-corrected chi connectivity index (χ0v) is 16.9. The number of hydrogen-bond acceptors (Lipinski definition) is 5. The minimum atomic E-state index is -3.79. The molecule has 3 rings (SSSR count). The molecule has 1 saturated carbocycles. The summed E-state index contributed by atoms with van der Waals surface area (Å²) in [7, 11) is -0.935. The number of aliphatic hydroxyl groups is 1. The number of methoxy groups -OCH3 is 2. The van der Waals surface area contributed by atoms with E-state index in [0.717, 1.165) is 19.3 Å². The third-order valence-corrected chi connectivity index (χ3v) is 8.10. The van der Waals surface area contributed by atoms with Gasteiger partial charge in [-0.1, -0.05) is 24.9 Å². The Kier molecular flexibility index (Phi) is 5.45. The predicted octanol–water partition coefficient (Wildman–Crippen LogP) is 2.92. The molecule has 0 radical (unpaired) electrons. The zero-order valence-electron chi connectivity index (χ0n) is 15.4. The highest BCUT2D eigenvalue weighted by molar-refractivity contribution is 7.89. The molecule has 6 nitrogen and oxygen atoms in total. The van der Waals surface area contributed by atoms with E-state index in [1.165, 1.54) is 30.7 Å². The van der Waals surface area contributed by atoms with Crippen LogP contribution in [-0.4, -0.2) is 50.7 Å². The molecule has 1 N–H and O–H groups in total. The van der Waals surface area contributed by atoms with Crippen molar-refractivity contribution in [2.24, 2.45) is 11.8 Å². The molecule has 0 aromatic heterocycles. The van der Waals surface area contributed by atoms with E-state index in [2.05, 4.69) is 0 Å². The largest absolute Gasteiger partial charge is 0.495 e. The highest BCUT2D eigenvalue weighted by Crippen LogP contribution is 2.46. The van der Waals surface area contributed by atoms with Gasteiger partial charge in [0.05, 0.1) is 24.8 Å². The van der Waals surface area contributed by atoms with Crippen LogP contribution in [0.1, 0.15) is 32.6 Å². The third-order valence-electron chi connectivity index (χ3n) is 5.95. The van der Waals surface area contributed by atoms with Crippen LogP contribution in [0, 0.1) is 11.8 Å². The summed E-state index contributed by atoms with van der Waals surface area (Å²) >= 11 is 6.10. The minimum Gasteiger partial charge on any atom is -0.495 e. The first kappa shape index (κ1) is 19.7. The number of ether oxygens (including phenoxy) is 2. The summed E-state index contributed by atoms with van der Waals surface area (Å²) in [6.45, 7) is 2.71. The normalized spacial score (nSPS) is 29.4. The Bertz CT molecular complexity index is 784. The second kappa shape index (κ2) is 7.19. The van der Waals surface area contributed by atoms with Gasteiger partial charge in [0.25, 0.3) is 0 Å². The first-order valence-corrected chi connectivity index (χ1v) is 10.7. The SMILES string of the molecule is CC[C@@]1(O)CCCC2CN(S(=O)(=O)c3cc(OC)c(Cl)cc3OC)CC21. The molecule has 146 valence electrons. The van der Waals surface area contributed by atoms with E-state index >= 15 is 0 Å². The van der Waals surface area contributed by atoms with Crippen molar-refractivity contribution in [3.63, 3.8) is 0 Å². The number of benzene rings is 1. The fourth-order valence-corrected chi connectivity index (χ4v) is 6.30. The summed E-state index contributed by atoms with van der Waals surface area (Å²) in [4.78, 5) is 0.0416. The van der Waals surface area contributed by atoms with Crippen LogP contribution in [0.15, 0.2) is 17.0 Å².